The summed E-state index contributed by atoms with van der Waals surface area (Å²) < 4.78 is 5.77. The molecule has 1 aliphatic heterocycles. The van der Waals surface area contributed by atoms with E-state index in [1.54, 1.807) is 45.9 Å². The largest absolute Gasteiger partial charge is 0.508 e. The maximum absolute atomic E-state index is 14.4. The normalized spacial score (nSPS) is 21.7. The van der Waals surface area contributed by atoms with Gasteiger partial charge in [-0.25, -0.2) is 4.79 Å². The molecular formula is C45H59N7O13. The predicted molar refractivity (Wildman–Crippen MR) is 234 cm³/mol. The Bertz CT molecular complexity index is 2140. The van der Waals surface area contributed by atoms with Gasteiger partial charge in [-0.3, -0.25) is 38.4 Å². The van der Waals surface area contributed by atoms with Gasteiger partial charge < -0.3 is 57.3 Å². The average Bonchev–Trinajstić information content (AvgIpc) is 3.25. The van der Waals surface area contributed by atoms with Crippen LogP contribution >= 0.6 is 0 Å². The molecule has 1 saturated heterocycles. The maximum atomic E-state index is 14.4. The first-order valence-electron chi connectivity index (χ1n) is 21.0. The summed E-state index contributed by atoms with van der Waals surface area (Å²) in [6, 6.07) is 2.91. The van der Waals surface area contributed by atoms with Gasteiger partial charge in [-0.15, -0.1) is 0 Å². The van der Waals surface area contributed by atoms with Crippen molar-refractivity contribution in [3.63, 3.8) is 0 Å². The lowest BCUT2D eigenvalue weighted by Crippen LogP contribution is -2.62. The van der Waals surface area contributed by atoms with Gasteiger partial charge in [0.1, 0.15) is 59.6 Å². The van der Waals surface area contributed by atoms with E-state index in [-0.39, 0.29) is 36.5 Å². The highest BCUT2D eigenvalue weighted by molar-refractivity contribution is 6.02. The predicted octanol–water partition coefficient (Wildman–Crippen LogP) is 0.654. The summed E-state index contributed by atoms with van der Waals surface area (Å²) in [6.07, 6.45) is 0.0121. The van der Waals surface area contributed by atoms with Crippen LogP contribution in [0, 0.1) is 5.92 Å². The van der Waals surface area contributed by atoms with Gasteiger partial charge in [0.15, 0.2) is 0 Å². The van der Waals surface area contributed by atoms with Gasteiger partial charge in [0.25, 0.3) is 5.91 Å². The Morgan fingerprint density at radius 1 is 0.769 bits per heavy atom. The van der Waals surface area contributed by atoms with Crippen molar-refractivity contribution < 1.29 is 63.2 Å². The van der Waals surface area contributed by atoms with Crippen LogP contribution in [0.1, 0.15) is 78.9 Å². The van der Waals surface area contributed by atoms with Crippen LogP contribution in [0.25, 0.3) is 0 Å². The Hall–Kier alpha value is -7.25. The maximum Gasteiger partial charge on any atom is 0.329 e. The van der Waals surface area contributed by atoms with E-state index in [2.05, 4.69) is 37.2 Å². The number of ether oxygens (including phenoxy) is 1. The number of benzene rings is 2. The summed E-state index contributed by atoms with van der Waals surface area (Å²) in [5.74, 6) is -9.11. The molecule has 1 aliphatic rings. The molecule has 1 heterocycles. The smallest absolute Gasteiger partial charge is 0.329 e. The third-order valence-corrected chi connectivity index (χ3v) is 10.5. The van der Waals surface area contributed by atoms with E-state index in [1.165, 1.54) is 63.2 Å². The lowest BCUT2D eigenvalue weighted by Gasteiger charge is -2.30. The number of hydrogen-bond donors (Lipinski definition) is 10. The van der Waals surface area contributed by atoms with Crippen molar-refractivity contribution in [1.82, 2.24) is 37.2 Å². The van der Waals surface area contributed by atoms with Crippen molar-refractivity contribution in [3.8, 4) is 11.5 Å². The molecule has 0 spiro atoms. The zero-order valence-electron chi connectivity index (χ0n) is 37.4. The van der Waals surface area contributed by atoms with E-state index in [1.807, 2.05) is 0 Å². The molecule has 2 unspecified atom stereocenters. The summed E-state index contributed by atoms with van der Waals surface area (Å²) in [7, 11) is 0. The zero-order chi connectivity index (χ0) is 48.5. The van der Waals surface area contributed by atoms with Crippen LogP contribution in [0.4, 0.5) is 0 Å². The van der Waals surface area contributed by atoms with Gasteiger partial charge >= 0.3 is 11.9 Å². The van der Waals surface area contributed by atoms with Crippen LogP contribution in [-0.2, 0) is 60.7 Å². The third kappa shape index (κ3) is 16.1. The van der Waals surface area contributed by atoms with E-state index < -0.39 is 114 Å². The molecular weight excluding hydrogens is 847 g/mol. The zero-order valence-corrected chi connectivity index (χ0v) is 37.4. The quantitative estimate of drug-likeness (QED) is 0.0869. The molecule has 7 atom stereocenters. The van der Waals surface area contributed by atoms with Gasteiger partial charge in [0, 0.05) is 18.4 Å². The number of rotatable bonds is 15. The molecule has 65 heavy (non-hydrogen) atoms. The Kier molecular flexibility index (Phi) is 19.7. The van der Waals surface area contributed by atoms with E-state index in [4.69, 9.17) is 4.74 Å². The molecule has 2 aromatic carbocycles. The van der Waals surface area contributed by atoms with E-state index in [0.29, 0.717) is 16.7 Å². The van der Waals surface area contributed by atoms with Crippen molar-refractivity contribution >= 4 is 53.3 Å². The fraction of sp³-hybridized carbons (Fsp3) is 0.444. The summed E-state index contributed by atoms with van der Waals surface area (Å²) in [6.45, 7) is 10.5. The highest BCUT2D eigenvalue weighted by Gasteiger charge is 2.38. The van der Waals surface area contributed by atoms with Crippen LogP contribution in [0.3, 0.4) is 0 Å². The van der Waals surface area contributed by atoms with Crippen LogP contribution in [0.2, 0.25) is 0 Å². The van der Waals surface area contributed by atoms with Gasteiger partial charge in [0.2, 0.25) is 35.4 Å². The molecule has 0 saturated carbocycles. The molecule has 20 heteroatoms. The monoisotopic (exact) mass is 905 g/mol. The number of phenols is 2. The molecule has 3 rings (SSSR count). The number of carboxylic acids is 1. The molecule has 0 radical (unpaired) electrons. The third-order valence-electron chi connectivity index (χ3n) is 10.5. The van der Waals surface area contributed by atoms with E-state index in [9.17, 15) is 58.5 Å². The Balaban J connectivity index is 2.09. The number of aromatic hydroxyl groups is 2. The number of aryl methyl sites for hydroxylation is 1. The molecule has 10 N–H and O–H groups in total. The van der Waals surface area contributed by atoms with Crippen molar-refractivity contribution in [2.24, 2.45) is 5.92 Å². The molecule has 7 amide bonds. The SMILES string of the molecule is C/C=C1\NC(=O)[C@H](C)NC(=O)C(NC(=O)[C@H](Cc2ccc(O)cc2)NC(=O)[C@@H](NC(=O)/C(C)=C/C)C(C)C)[C@@H](C)OC(=O)C(CCc2ccc(O)cc2)NC(=O)[C@H](CCC(=O)O)NC1=O. The summed E-state index contributed by atoms with van der Waals surface area (Å²) in [4.78, 5) is 121. The second-order valence-corrected chi connectivity index (χ2v) is 15.9. The molecule has 0 aromatic heterocycles. The second-order valence-electron chi connectivity index (χ2n) is 15.9. The van der Waals surface area contributed by atoms with Crippen molar-refractivity contribution in [2.75, 3.05) is 0 Å². The number of amides is 7. The van der Waals surface area contributed by atoms with Gasteiger partial charge in [-0.05, 0) is 95.2 Å². The highest BCUT2D eigenvalue weighted by atomic mass is 16.5. The van der Waals surface area contributed by atoms with Crippen LogP contribution in [0.5, 0.6) is 11.5 Å². The summed E-state index contributed by atoms with van der Waals surface area (Å²) in [5, 5.41) is 46.7. The van der Waals surface area contributed by atoms with Gasteiger partial charge in [-0.1, -0.05) is 50.3 Å². The first kappa shape index (κ1) is 52.1. The first-order chi connectivity index (χ1) is 30.6. The molecule has 0 bridgehead atoms. The minimum atomic E-state index is -1.78. The lowest BCUT2D eigenvalue weighted by molar-refractivity contribution is -0.156. The van der Waals surface area contributed by atoms with Gasteiger partial charge in [-0.2, -0.15) is 0 Å². The number of phenolic OH excluding ortho intramolecular Hbond substituents is 2. The van der Waals surface area contributed by atoms with Crippen molar-refractivity contribution in [2.45, 2.75) is 123 Å². The molecule has 20 nitrogen and oxygen atoms in total. The first-order valence-corrected chi connectivity index (χ1v) is 21.0. The Labute approximate surface area is 376 Å². The lowest BCUT2D eigenvalue weighted by atomic mass is 10.00. The highest BCUT2D eigenvalue weighted by Crippen LogP contribution is 2.16. The van der Waals surface area contributed by atoms with Gasteiger partial charge in [0.05, 0.1) is 0 Å². The number of esters is 1. The standard InChI is InChI=1S/C45H59N7O13/c1-8-24(5)38(57)51-36(23(3)4)43(62)50-34(22-28-12-17-30(54)18-13-28)42(61)52-37-26(7)65-45(64)33(19-14-27-10-15-29(53)16-11-27)49-41(60)32(20-21-35(55)56)48-40(59)31(9-2)47-39(58)25(6)46-44(37)63/h8-13,15-18,23,25-26,32-34,36-37,53-54H,14,19-22H2,1-7H3,(H,46,63)(H,47,58)(H,48,59)(H,49,60)(H,50,62)(H,51,57)(H,52,61)(H,55,56)/b24-8+,31-9-/t25-,26+,32-,33?,34-,36-,37?/m0/s1. The number of carboxylic acid groups (broad SMARTS) is 1. The van der Waals surface area contributed by atoms with E-state index in [0.717, 1.165) is 0 Å². The van der Waals surface area contributed by atoms with Crippen LogP contribution in [0.15, 0.2) is 72.0 Å². The summed E-state index contributed by atoms with van der Waals surface area (Å²) in [5.41, 5.74) is 1.07. The van der Waals surface area contributed by atoms with Crippen molar-refractivity contribution in [1.29, 1.82) is 0 Å². The van der Waals surface area contributed by atoms with Crippen molar-refractivity contribution in [3.05, 3.63) is 83.1 Å². The molecule has 2 aromatic rings. The number of cyclic esters (lactones) is 1. The Morgan fingerprint density at radius 3 is 1.92 bits per heavy atom. The topological polar surface area (TPSA) is 308 Å². The number of aliphatic carboxylic acids is 1. The minimum Gasteiger partial charge on any atom is -0.508 e. The van der Waals surface area contributed by atoms with Crippen LogP contribution < -0.4 is 37.2 Å². The molecule has 0 aliphatic carbocycles. The second kappa shape index (κ2) is 24.6. The Morgan fingerprint density at radius 2 is 1.37 bits per heavy atom. The minimum absolute atomic E-state index is 0.0229. The number of nitrogens with one attached hydrogen (secondary N) is 7. The summed E-state index contributed by atoms with van der Waals surface area (Å²) >= 11 is 0. The molecule has 1 fully saturated rings. The number of hydrogen-bond acceptors (Lipinski definition) is 12. The fourth-order valence-corrected chi connectivity index (χ4v) is 6.38. The average molecular weight is 906 g/mol. The van der Waals surface area contributed by atoms with Crippen LogP contribution in [-0.4, -0.2) is 111 Å². The van der Waals surface area contributed by atoms with E-state index >= 15 is 0 Å². The number of carbonyl (C=O) groups excluding carboxylic acids is 8. The number of allylic oxidation sites excluding steroid dienone is 2. The number of carbonyl (C=O) groups is 9. The fourth-order valence-electron chi connectivity index (χ4n) is 6.38. The molecule has 352 valence electrons.